The van der Waals surface area contributed by atoms with E-state index in [2.05, 4.69) is 9.97 Å². The molecule has 0 aliphatic heterocycles. The van der Waals surface area contributed by atoms with E-state index in [4.69, 9.17) is 0 Å². The normalized spacial score (nSPS) is 13.0. The fourth-order valence-corrected chi connectivity index (χ4v) is 0.621. The average Bonchev–Trinajstić information content (AvgIpc) is 2.01. The Morgan fingerprint density at radius 1 is 0.714 bits per heavy atom. The number of hydrogen-bond acceptors (Lipinski definition) is 2. The van der Waals surface area contributed by atoms with Gasteiger partial charge in [0.05, 0.1) is 12.4 Å². The molecule has 0 aromatic carbocycles. The first kappa shape index (κ1) is 10.7. The molecule has 0 fully saturated rings. The van der Waals surface area contributed by atoms with E-state index in [1.54, 1.807) is 0 Å². The van der Waals surface area contributed by atoms with Gasteiger partial charge in [0.25, 0.3) is 0 Å². The lowest BCUT2D eigenvalue weighted by Gasteiger charge is -2.07. The van der Waals surface area contributed by atoms with E-state index in [1.165, 1.54) is 0 Å². The number of nitrogens with zero attached hydrogens (tertiary/aromatic N) is 2. The predicted octanol–water partition coefficient (Wildman–Crippen LogP) is 2.51. The van der Waals surface area contributed by atoms with Gasteiger partial charge >= 0.3 is 12.4 Å². The molecule has 14 heavy (non-hydrogen) atoms. The van der Waals surface area contributed by atoms with Gasteiger partial charge in [0, 0.05) is 0 Å². The summed E-state index contributed by atoms with van der Waals surface area (Å²) in [5, 5.41) is 0. The summed E-state index contributed by atoms with van der Waals surface area (Å²) in [5.74, 6) is 0. The molecule has 0 unspecified atom stereocenters. The van der Waals surface area contributed by atoms with E-state index in [0.717, 1.165) is 0 Å². The fraction of sp³-hybridized carbons (Fsp3) is 0.333. The number of hydrogen-bond donors (Lipinski definition) is 0. The van der Waals surface area contributed by atoms with E-state index < -0.39 is 23.7 Å². The van der Waals surface area contributed by atoms with Gasteiger partial charge < -0.3 is 0 Å². The van der Waals surface area contributed by atoms with Gasteiger partial charge in [0.15, 0.2) is 11.4 Å². The van der Waals surface area contributed by atoms with E-state index in [9.17, 15) is 26.3 Å². The maximum absolute atomic E-state index is 11.8. The lowest BCUT2D eigenvalue weighted by Crippen LogP contribution is -2.13. The highest BCUT2D eigenvalue weighted by Crippen LogP contribution is 2.30. The molecule has 0 saturated carbocycles. The van der Waals surface area contributed by atoms with Crippen molar-refractivity contribution < 1.29 is 26.3 Å². The topological polar surface area (TPSA) is 25.8 Å². The molecule has 0 aliphatic rings. The molecule has 8 heteroatoms. The molecule has 0 bridgehead atoms. The van der Waals surface area contributed by atoms with Gasteiger partial charge in [-0.2, -0.15) is 26.3 Å². The molecule has 1 rings (SSSR count). The quantitative estimate of drug-likeness (QED) is 0.622. The second kappa shape index (κ2) is 3.10. The van der Waals surface area contributed by atoms with Crippen LogP contribution < -0.4 is 0 Å². The molecule has 2 nitrogen and oxygen atoms in total. The van der Waals surface area contributed by atoms with Crippen molar-refractivity contribution in [2.24, 2.45) is 0 Å². The zero-order valence-electron chi connectivity index (χ0n) is 6.32. The number of aromatic nitrogens is 2. The van der Waals surface area contributed by atoms with Gasteiger partial charge in [0.2, 0.25) is 0 Å². The van der Waals surface area contributed by atoms with Crippen molar-refractivity contribution in [3.05, 3.63) is 23.8 Å². The third-order valence-corrected chi connectivity index (χ3v) is 1.23. The Morgan fingerprint density at radius 2 is 1.00 bits per heavy atom. The van der Waals surface area contributed by atoms with Crippen molar-refractivity contribution in [2.75, 3.05) is 0 Å². The molecule has 0 spiro atoms. The minimum atomic E-state index is -4.78. The highest BCUT2D eigenvalue weighted by Gasteiger charge is 2.36. The molecule has 1 heterocycles. The summed E-state index contributed by atoms with van der Waals surface area (Å²) < 4.78 is 71.0. The molecule has 0 saturated heterocycles. The van der Waals surface area contributed by atoms with Crippen LogP contribution in [0.25, 0.3) is 0 Å². The molecule has 0 aliphatic carbocycles. The van der Waals surface area contributed by atoms with E-state index in [-0.39, 0.29) is 12.4 Å². The SMILES string of the molecule is FC(F)(F)c1cnc(C(F)(F)F)cn1. The second-order valence-electron chi connectivity index (χ2n) is 2.28. The first-order chi connectivity index (χ1) is 6.21. The lowest BCUT2D eigenvalue weighted by atomic mass is 10.4. The highest BCUT2D eigenvalue weighted by atomic mass is 19.4. The Hall–Kier alpha value is -1.34. The Balaban J connectivity index is 3.02. The summed E-state index contributed by atoms with van der Waals surface area (Å²) in [5.41, 5.74) is -2.91. The molecule has 0 atom stereocenters. The second-order valence-corrected chi connectivity index (χ2v) is 2.28. The van der Waals surface area contributed by atoms with Crippen molar-refractivity contribution >= 4 is 0 Å². The number of rotatable bonds is 0. The minimum Gasteiger partial charge on any atom is -0.248 e. The van der Waals surface area contributed by atoms with Gasteiger partial charge in [-0.1, -0.05) is 0 Å². The summed E-state index contributed by atoms with van der Waals surface area (Å²) in [4.78, 5) is 5.22. The van der Waals surface area contributed by atoms with Crippen molar-refractivity contribution in [2.45, 2.75) is 12.4 Å². The minimum absolute atomic E-state index is 0.0445. The van der Waals surface area contributed by atoms with Crippen LogP contribution in [0.1, 0.15) is 11.4 Å². The highest BCUT2D eigenvalue weighted by molar-refractivity contribution is 5.07. The third-order valence-electron chi connectivity index (χ3n) is 1.23. The van der Waals surface area contributed by atoms with Crippen molar-refractivity contribution in [3.8, 4) is 0 Å². The lowest BCUT2D eigenvalue weighted by molar-refractivity contribution is -0.147. The first-order valence-corrected chi connectivity index (χ1v) is 3.17. The molecular formula is C6H2F6N2. The van der Waals surface area contributed by atoms with Crippen molar-refractivity contribution in [1.29, 1.82) is 0 Å². The Morgan fingerprint density at radius 3 is 1.14 bits per heavy atom. The van der Waals surface area contributed by atoms with Crippen LogP contribution in [0.15, 0.2) is 12.4 Å². The maximum atomic E-state index is 11.8. The summed E-state index contributed by atoms with van der Waals surface area (Å²) in [6.07, 6.45) is -9.47. The van der Waals surface area contributed by atoms with Crippen LogP contribution in [0.4, 0.5) is 26.3 Å². The van der Waals surface area contributed by atoms with E-state index in [1.807, 2.05) is 0 Å². The molecule has 78 valence electrons. The molecule has 0 amide bonds. The third kappa shape index (κ3) is 2.33. The molecule has 0 radical (unpaired) electrons. The zero-order chi connectivity index (χ0) is 11.0. The number of halogens is 6. The smallest absolute Gasteiger partial charge is 0.248 e. The molecule has 1 aromatic rings. The van der Waals surface area contributed by atoms with Crippen LogP contribution in [-0.4, -0.2) is 9.97 Å². The predicted molar refractivity (Wildman–Crippen MR) is 32.0 cm³/mol. The van der Waals surface area contributed by atoms with Gasteiger partial charge in [-0.3, -0.25) is 0 Å². The monoisotopic (exact) mass is 216 g/mol. The van der Waals surface area contributed by atoms with E-state index in [0.29, 0.717) is 0 Å². The summed E-state index contributed by atoms with van der Waals surface area (Å²) in [6.45, 7) is 0. The van der Waals surface area contributed by atoms with Crippen LogP contribution in [0.5, 0.6) is 0 Å². The molecule has 0 N–H and O–H groups in total. The van der Waals surface area contributed by atoms with Crippen LogP contribution in [0.2, 0.25) is 0 Å². The number of alkyl halides is 6. The first-order valence-electron chi connectivity index (χ1n) is 3.17. The largest absolute Gasteiger partial charge is 0.434 e. The van der Waals surface area contributed by atoms with Gasteiger partial charge in [0.1, 0.15) is 0 Å². The summed E-state index contributed by atoms with van der Waals surface area (Å²) in [6, 6.07) is 0. The van der Waals surface area contributed by atoms with Crippen LogP contribution in [0, 0.1) is 0 Å². The van der Waals surface area contributed by atoms with Crippen molar-refractivity contribution in [3.63, 3.8) is 0 Å². The average molecular weight is 216 g/mol. The Kier molecular flexibility index (Phi) is 2.38. The van der Waals surface area contributed by atoms with Crippen LogP contribution >= 0.6 is 0 Å². The Labute approximate surface area is 73.6 Å². The zero-order valence-corrected chi connectivity index (χ0v) is 6.32. The Bertz CT molecular complexity index is 278. The molecule has 1 aromatic heterocycles. The standard InChI is InChI=1S/C6H2F6N2/c7-5(8,9)3-1-13-4(2-14-3)6(10,11)12/h1-2H. The van der Waals surface area contributed by atoms with Crippen LogP contribution in [-0.2, 0) is 12.4 Å². The summed E-state index contributed by atoms with van der Waals surface area (Å²) >= 11 is 0. The van der Waals surface area contributed by atoms with Gasteiger partial charge in [-0.25, -0.2) is 9.97 Å². The van der Waals surface area contributed by atoms with Gasteiger partial charge in [-0.05, 0) is 0 Å². The summed E-state index contributed by atoms with van der Waals surface area (Å²) in [7, 11) is 0. The van der Waals surface area contributed by atoms with Gasteiger partial charge in [-0.15, -0.1) is 0 Å². The van der Waals surface area contributed by atoms with Crippen molar-refractivity contribution in [1.82, 2.24) is 9.97 Å². The molecular weight excluding hydrogens is 214 g/mol. The maximum Gasteiger partial charge on any atom is 0.434 e. The van der Waals surface area contributed by atoms with Crippen LogP contribution in [0.3, 0.4) is 0 Å². The fourth-order valence-electron chi connectivity index (χ4n) is 0.621. The van der Waals surface area contributed by atoms with E-state index >= 15 is 0 Å².